The fraction of sp³-hybridized carbons (Fsp3) is 0.429. The van der Waals surface area contributed by atoms with Crippen LogP contribution in [0.5, 0.6) is 0 Å². The first-order valence-corrected chi connectivity index (χ1v) is 7.72. The summed E-state index contributed by atoms with van der Waals surface area (Å²) in [5, 5.41) is 7.23. The predicted molar refractivity (Wildman–Crippen MR) is 78.6 cm³/mol. The minimum atomic E-state index is 0.521. The smallest absolute Gasteiger partial charge is 0.0488 e. The lowest BCUT2D eigenvalue weighted by Crippen LogP contribution is -2.18. The van der Waals surface area contributed by atoms with Crippen LogP contribution in [0.4, 0.5) is 0 Å². The van der Waals surface area contributed by atoms with E-state index in [9.17, 15) is 0 Å². The molecule has 0 saturated heterocycles. The van der Waals surface area contributed by atoms with Crippen LogP contribution in [0.15, 0.2) is 28.1 Å². The molecular weight excluding hydrogens is 294 g/mol. The zero-order valence-corrected chi connectivity index (χ0v) is 12.4. The summed E-state index contributed by atoms with van der Waals surface area (Å²) in [7, 11) is 2.08. The van der Waals surface area contributed by atoms with Gasteiger partial charge in [0.1, 0.15) is 0 Å². The van der Waals surface area contributed by atoms with Crippen molar-refractivity contribution in [2.24, 2.45) is 11.8 Å². The number of hydrogen-bond acceptors (Lipinski definition) is 2. The summed E-state index contributed by atoms with van der Waals surface area (Å²) >= 11 is 5.48. The lowest BCUT2D eigenvalue weighted by Gasteiger charge is -2.15. The van der Waals surface area contributed by atoms with E-state index < -0.39 is 0 Å². The van der Waals surface area contributed by atoms with Crippen LogP contribution in [0.25, 0.3) is 10.1 Å². The molecule has 1 fully saturated rings. The van der Waals surface area contributed by atoms with Gasteiger partial charge in [0.25, 0.3) is 0 Å². The predicted octanol–water partition coefficient (Wildman–Crippen LogP) is 4.58. The summed E-state index contributed by atoms with van der Waals surface area (Å²) in [5.74, 6) is 1.69. The fourth-order valence-corrected chi connectivity index (χ4v) is 4.36. The van der Waals surface area contributed by atoms with Gasteiger partial charge in [0.05, 0.1) is 0 Å². The summed E-state index contributed by atoms with van der Waals surface area (Å²) in [6, 6.07) is 7.01. The highest BCUT2D eigenvalue weighted by molar-refractivity contribution is 9.10. The lowest BCUT2D eigenvalue weighted by molar-refractivity contribution is 0.508. The topological polar surface area (TPSA) is 12.0 Å². The Labute approximate surface area is 114 Å². The van der Waals surface area contributed by atoms with Crippen LogP contribution in [0.1, 0.15) is 24.9 Å². The standard InChI is InChI=1S/C14H16BrNS/c1-8-6-10(8)13(16-2)11-7-17-14-9(11)4-3-5-12(14)15/h3-5,7-8,10,13,16H,6H2,1-2H3. The maximum atomic E-state index is 3.64. The third kappa shape index (κ3) is 1.94. The van der Waals surface area contributed by atoms with Crippen LogP contribution in [-0.2, 0) is 0 Å². The number of rotatable bonds is 3. The first-order valence-electron chi connectivity index (χ1n) is 6.05. The van der Waals surface area contributed by atoms with Gasteiger partial charge in [-0.05, 0) is 63.6 Å². The van der Waals surface area contributed by atoms with Gasteiger partial charge >= 0.3 is 0 Å². The third-order valence-electron chi connectivity index (χ3n) is 3.83. The molecule has 0 amide bonds. The summed E-state index contributed by atoms with van der Waals surface area (Å²) < 4.78 is 2.58. The molecule has 0 spiro atoms. The van der Waals surface area contributed by atoms with E-state index in [1.54, 1.807) is 0 Å². The Morgan fingerprint density at radius 3 is 2.88 bits per heavy atom. The highest BCUT2D eigenvalue weighted by atomic mass is 79.9. The van der Waals surface area contributed by atoms with Crippen molar-refractivity contribution in [3.8, 4) is 0 Å². The number of nitrogens with one attached hydrogen (secondary N) is 1. The molecule has 2 aromatic rings. The Morgan fingerprint density at radius 2 is 2.24 bits per heavy atom. The zero-order valence-electron chi connectivity index (χ0n) is 10.0. The van der Waals surface area contributed by atoms with Gasteiger partial charge in [-0.25, -0.2) is 0 Å². The minimum Gasteiger partial charge on any atom is -0.313 e. The van der Waals surface area contributed by atoms with E-state index in [0.29, 0.717) is 6.04 Å². The molecule has 0 aliphatic heterocycles. The van der Waals surface area contributed by atoms with E-state index in [-0.39, 0.29) is 0 Å². The van der Waals surface area contributed by atoms with Crippen LogP contribution in [0.3, 0.4) is 0 Å². The molecule has 1 aliphatic carbocycles. The maximum Gasteiger partial charge on any atom is 0.0488 e. The maximum absolute atomic E-state index is 3.64. The van der Waals surface area contributed by atoms with Crippen LogP contribution in [-0.4, -0.2) is 7.05 Å². The first kappa shape index (κ1) is 11.7. The summed E-state index contributed by atoms with van der Waals surface area (Å²) in [6.07, 6.45) is 1.36. The van der Waals surface area contributed by atoms with Crippen molar-refractivity contribution < 1.29 is 0 Å². The molecule has 1 nitrogen and oxygen atoms in total. The van der Waals surface area contributed by atoms with Crippen LogP contribution < -0.4 is 5.32 Å². The third-order valence-corrected chi connectivity index (χ3v) is 5.80. The molecule has 1 aromatic carbocycles. The Bertz CT molecular complexity index is 548. The largest absolute Gasteiger partial charge is 0.313 e. The summed E-state index contributed by atoms with van der Waals surface area (Å²) in [4.78, 5) is 0. The molecule has 1 saturated carbocycles. The van der Waals surface area contributed by atoms with E-state index in [1.165, 1.54) is 26.5 Å². The van der Waals surface area contributed by atoms with Gasteiger partial charge in [-0.3, -0.25) is 0 Å². The molecule has 3 heteroatoms. The molecule has 3 atom stereocenters. The van der Waals surface area contributed by atoms with Crippen molar-refractivity contribution in [2.75, 3.05) is 7.05 Å². The molecule has 1 aromatic heterocycles. The number of hydrogen-bond donors (Lipinski definition) is 1. The molecule has 1 aliphatic rings. The second-order valence-corrected chi connectivity index (χ2v) is 6.68. The van der Waals surface area contributed by atoms with Crippen molar-refractivity contribution in [1.82, 2.24) is 5.32 Å². The quantitative estimate of drug-likeness (QED) is 0.875. The Morgan fingerprint density at radius 1 is 1.47 bits per heavy atom. The van der Waals surface area contributed by atoms with Crippen molar-refractivity contribution in [3.63, 3.8) is 0 Å². The molecule has 1 N–H and O–H groups in total. The zero-order chi connectivity index (χ0) is 12.0. The second-order valence-electron chi connectivity index (χ2n) is 4.95. The van der Waals surface area contributed by atoms with E-state index in [2.05, 4.69) is 58.8 Å². The molecule has 0 bridgehead atoms. The number of benzene rings is 1. The normalized spacial score (nSPS) is 25.1. The fourth-order valence-electron chi connectivity index (χ4n) is 2.70. The molecule has 17 heavy (non-hydrogen) atoms. The molecule has 90 valence electrons. The van der Waals surface area contributed by atoms with Crippen molar-refractivity contribution in [2.45, 2.75) is 19.4 Å². The lowest BCUT2D eigenvalue weighted by atomic mass is 10.0. The molecule has 1 heterocycles. The average Bonchev–Trinajstić information content (AvgIpc) is 2.88. The Hall–Kier alpha value is -0.380. The minimum absolute atomic E-state index is 0.521. The van der Waals surface area contributed by atoms with Gasteiger partial charge < -0.3 is 5.32 Å². The van der Waals surface area contributed by atoms with Gasteiger partial charge in [0.15, 0.2) is 0 Å². The SMILES string of the molecule is CNC(c1csc2c(Br)cccc12)C1CC1C. The van der Waals surface area contributed by atoms with Crippen LogP contribution in [0.2, 0.25) is 0 Å². The van der Waals surface area contributed by atoms with E-state index in [0.717, 1.165) is 11.8 Å². The molecule has 3 rings (SSSR count). The highest BCUT2D eigenvalue weighted by Crippen LogP contribution is 2.49. The van der Waals surface area contributed by atoms with E-state index in [4.69, 9.17) is 0 Å². The van der Waals surface area contributed by atoms with Gasteiger partial charge in [0, 0.05) is 15.2 Å². The molecule has 3 unspecified atom stereocenters. The number of halogens is 1. The van der Waals surface area contributed by atoms with Crippen molar-refractivity contribution in [3.05, 3.63) is 33.6 Å². The van der Waals surface area contributed by atoms with Gasteiger partial charge in [-0.1, -0.05) is 19.1 Å². The van der Waals surface area contributed by atoms with Crippen LogP contribution >= 0.6 is 27.3 Å². The van der Waals surface area contributed by atoms with Gasteiger partial charge in [-0.15, -0.1) is 11.3 Å². The second kappa shape index (κ2) is 4.38. The highest BCUT2D eigenvalue weighted by Gasteiger charge is 2.40. The number of fused-ring (bicyclic) bond motifs is 1. The first-order chi connectivity index (χ1) is 8.22. The average molecular weight is 310 g/mol. The van der Waals surface area contributed by atoms with Gasteiger partial charge in [0.2, 0.25) is 0 Å². The van der Waals surface area contributed by atoms with Crippen molar-refractivity contribution >= 4 is 37.4 Å². The van der Waals surface area contributed by atoms with Gasteiger partial charge in [-0.2, -0.15) is 0 Å². The molecule has 0 radical (unpaired) electrons. The monoisotopic (exact) mass is 309 g/mol. The molecular formula is C14H16BrNS. The van der Waals surface area contributed by atoms with E-state index in [1.807, 2.05) is 11.3 Å². The Balaban J connectivity index is 2.07. The van der Waals surface area contributed by atoms with E-state index >= 15 is 0 Å². The Kier molecular flexibility index (Phi) is 3.01. The summed E-state index contributed by atoms with van der Waals surface area (Å²) in [5.41, 5.74) is 1.48. The summed E-state index contributed by atoms with van der Waals surface area (Å²) in [6.45, 7) is 2.35. The van der Waals surface area contributed by atoms with Crippen LogP contribution in [0, 0.1) is 11.8 Å². The number of thiophene rings is 1. The van der Waals surface area contributed by atoms with Crippen molar-refractivity contribution in [1.29, 1.82) is 0 Å².